The summed E-state index contributed by atoms with van der Waals surface area (Å²) >= 11 is 0. The van der Waals surface area contributed by atoms with E-state index < -0.39 is 0 Å². The van der Waals surface area contributed by atoms with E-state index in [0.717, 1.165) is 36.7 Å². The molecule has 0 radical (unpaired) electrons. The van der Waals surface area contributed by atoms with Crippen LogP contribution in [0.3, 0.4) is 0 Å². The SMILES string of the molecule is Cc1cc2c(n1C1CC(C)CC(C)C1)CCCC2=O. The Bertz CT molecular complexity index is 490. The van der Waals surface area contributed by atoms with Crippen molar-refractivity contribution in [1.82, 2.24) is 4.57 Å². The molecule has 1 fully saturated rings. The fourth-order valence-corrected chi connectivity index (χ4v) is 4.38. The smallest absolute Gasteiger partial charge is 0.164 e. The minimum absolute atomic E-state index is 0.361. The lowest BCUT2D eigenvalue weighted by molar-refractivity contribution is 0.0971. The summed E-state index contributed by atoms with van der Waals surface area (Å²) in [7, 11) is 0. The van der Waals surface area contributed by atoms with Crippen LogP contribution in [0.15, 0.2) is 6.07 Å². The van der Waals surface area contributed by atoms with Gasteiger partial charge in [-0.1, -0.05) is 13.8 Å². The Hall–Kier alpha value is -1.05. The molecule has 1 saturated carbocycles. The van der Waals surface area contributed by atoms with Crippen LogP contribution in [-0.2, 0) is 6.42 Å². The summed E-state index contributed by atoms with van der Waals surface area (Å²) < 4.78 is 2.51. The Labute approximate surface area is 116 Å². The Morgan fingerprint density at radius 1 is 1.11 bits per heavy atom. The van der Waals surface area contributed by atoms with Gasteiger partial charge in [0, 0.05) is 29.4 Å². The Balaban J connectivity index is 1.98. The van der Waals surface area contributed by atoms with E-state index in [0.29, 0.717) is 11.8 Å². The molecule has 0 amide bonds. The molecule has 104 valence electrons. The standard InChI is InChI=1S/C17H25NO/c1-11-7-12(2)9-14(8-11)18-13(3)10-15-16(18)5-4-6-17(15)19/h10-12,14H,4-9H2,1-3H3. The molecule has 0 aliphatic heterocycles. The highest BCUT2D eigenvalue weighted by Gasteiger charge is 2.30. The summed E-state index contributed by atoms with van der Waals surface area (Å²) in [6.45, 7) is 6.92. The maximum absolute atomic E-state index is 12.0. The Morgan fingerprint density at radius 2 is 1.79 bits per heavy atom. The van der Waals surface area contributed by atoms with Crippen LogP contribution in [0.5, 0.6) is 0 Å². The molecule has 2 heteroatoms. The molecule has 0 N–H and O–H groups in total. The average molecular weight is 259 g/mol. The van der Waals surface area contributed by atoms with Crippen molar-refractivity contribution in [3.05, 3.63) is 23.0 Å². The van der Waals surface area contributed by atoms with Gasteiger partial charge in [-0.15, -0.1) is 0 Å². The van der Waals surface area contributed by atoms with Gasteiger partial charge in [-0.25, -0.2) is 0 Å². The predicted octanol–water partition coefficient (Wildman–Crippen LogP) is 4.31. The molecule has 0 aromatic carbocycles. The van der Waals surface area contributed by atoms with Gasteiger partial charge in [0.15, 0.2) is 5.78 Å². The molecule has 3 rings (SSSR count). The van der Waals surface area contributed by atoms with Crippen molar-refractivity contribution in [2.75, 3.05) is 0 Å². The lowest BCUT2D eigenvalue weighted by atomic mass is 9.80. The van der Waals surface area contributed by atoms with Crippen molar-refractivity contribution < 1.29 is 4.79 Å². The minimum Gasteiger partial charge on any atom is -0.345 e. The lowest BCUT2D eigenvalue weighted by Crippen LogP contribution is -2.25. The third-order valence-electron chi connectivity index (χ3n) is 4.97. The number of ketones is 1. The number of rotatable bonds is 1. The van der Waals surface area contributed by atoms with Crippen molar-refractivity contribution in [2.24, 2.45) is 11.8 Å². The zero-order chi connectivity index (χ0) is 13.6. The van der Waals surface area contributed by atoms with Crippen LogP contribution in [0.2, 0.25) is 0 Å². The molecule has 2 aliphatic rings. The molecule has 0 spiro atoms. The fraction of sp³-hybridized carbons (Fsp3) is 0.706. The maximum atomic E-state index is 12.0. The summed E-state index contributed by atoms with van der Waals surface area (Å²) in [6, 6.07) is 2.76. The second-order valence-electron chi connectivity index (χ2n) is 6.86. The summed E-state index contributed by atoms with van der Waals surface area (Å²) in [5.74, 6) is 1.98. The highest BCUT2D eigenvalue weighted by Crippen LogP contribution is 2.39. The molecule has 2 atom stereocenters. The molecule has 1 aromatic rings. The maximum Gasteiger partial charge on any atom is 0.164 e. The topological polar surface area (TPSA) is 22.0 Å². The van der Waals surface area contributed by atoms with Crippen molar-refractivity contribution in [1.29, 1.82) is 0 Å². The lowest BCUT2D eigenvalue weighted by Gasteiger charge is -2.35. The molecule has 0 saturated heterocycles. The van der Waals surface area contributed by atoms with Gasteiger partial charge in [-0.3, -0.25) is 4.79 Å². The number of hydrogen-bond donors (Lipinski definition) is 0. The van der Waals surface area contributed by atoms with E-state index in [-0.39, 0.29) is 0 Å². The zero-order valence-electron chi connectivity index (χ0n) is 12.4. The number of nitrogens with zero attached hydrogens (tertiary/aromatic N) is 1. The summed E-state index contributed by atoms with van der Waals surface area (Å²) in [5, 5.41) is 0. The van der Waals surface area contributed by atoms with Gasteiger partial charge in [-0.05, 0) is 56.9 Å². The van der Waals surface area contributed by atoms with E-state index >= 15 is 0 Å². The first-order chi connectivity index (χ1) is 9.06. The van der Waals surface area contributed by atoms with Crippen LogP contribution in [-0.4, -0.2) is 10.4 Å². The summed E-state index contributed by atoms with van der Waals surface area (Å²) in [5.41, 5.74) is 3.65. The van der Waals surface area contributed by atoms with Crippen molar-refractivity contribution in [2.45, 2.75) is 65.3 Å². The highest BCUT2D eigenvalue weighted by molar-refractivity contribution is 5.98. The molecule has 2 nitrogen and oxygen atoms in total. The van der Waals surface area contributed by atoms with E-state index in [1.165, 1.54) is 30.7 Å². The van der Waals surface area contributed by atoms with Crippen molar-refractivity contribution >= 4 is 5.78 Å². The molecule has 2 aliphatic carbocycles. The number of hydrogen-bond acceptors (Lipinski definition) is 1. The van der Waals surface area contributed by atoms with Crippen LogP contribution in [0.4, 0.5) is 0 Å². The van der Waals surface area contributed by atoms with Gasteiger partial charge < -0.3 is 4.57 Å². The number of aromatic nitrogens is 1. The number of fused-ring (bicyclic) bond motifs is 1. The first kappa shape index (κ1) is 13.0. The van der Waals surface area contributed by atoms with E-state index in [9.17, 15) is 4.79 Å². The first-order valence-electron chi connectivity index (χ1n) is 7.80. The zero-order valence-corrected chi connectivity index (χ0v) is 12.4. The van der Waals surface area contributed by atoms with Crippen LogP contribution < -0.4 is 0 Å². The highest BCUT2D eigenvalue weighted by atomic mass is 16.1. The number of carbonyl (C=O) groups is 1. The van der Waals surface area contributed by atoms with Gasteiger partial charge in [0.05, 0.1) is 0 Å². The Morgan fingerprint density at radius 3 is 2.47 bits per heavy atom. The number of aryl methyl sites for hydroxylation is 1. The second kappa shape index (κ2) is 4.81. The monoisotopic (exact) mass is 259 g/mol. The van der Waals surface area contributed by atoms with E-state index in [1.807, 2.05) is 0 Å². The van der Waals surface area contributed by atoms with Gasteiger partial charge in [0.25, 0.3) is 0 Å². The molecule has 1 aromatic heterocycles. The third kappa shape index (κ3) is 2.26. The van der Waals surface area contributed by atoms with Crippen LogP contribution >= 0.6 is 0 Å². The Kier molecular flexibility index (Phi) is 3.28. The van der Waals surface area contributed by atoms with E-state index in [1.54, 1.807) is 0 Å². The average Bonchev–Trinajstić information content (AvgIpc) is 2.65. The molecular formula is C17H25NO. The van der Waals surface area contributed by atoms with E-state index in [2.05, 4.69) is 31.4 Å². The van der Waals surface area contributed by atoms with Crippen molar-refractivity contribution in [3.8, 4) is 0 Å². The fourth-order valence-electron chi connectivity index (χ4n) is 4.38. The number of carbonyl (C=O) groups excluding carboxylic acids is 1. The van der Waals surface area contributed by atoms with Gasteiger partial charge in [0.2, 0.25) is 0 Å². The third-order valence-corrected chi connectivity index (χ3v) is 4.97. The number of Topliss-reactive ketones (excluding diaryl/α,β-unsaturated/α-hetero) is 1. The van der Waals surface area contributed by atoms with Gasteiger partial charge >= 0.3 is 0 Å². The molecule has 0 bridgehead atoms. The predicted molar refractivity (Wildman–Crippen MR) is 77.7 cm³/mol. The summed E-state index contributed by atoms with van der Waals surface area (Å²) in [6.07, 6.45) is 6.79. The van der Waals surface area contributed by atoms with Gasteiger partial charge in [0.1, 0.15) is 0 Å². The van der Waals surface area contributed by atoms with Crippen LogP contribution in [0.1, 0.15) is 73.7 Å². The van der Waals surface area contributed by atoms with Crippen LogP contribution in [0.25, 0.3) is 0 Å². The molecule has 2 unspecified atom stereocenters. The van der Waals surface area contributed by atoms with Crippen LogP contribution in [0, 0.1) is 18.8 Å². The van der Waals surface area contributed by atoms with Crippen molar-refractivity contribution in [3.63, 3.8) is 0 Å². The molecule has 1 heterocycles. The van der Waals surface area contributed by atoms with Gasteiger partial charge in [-0.2, -0.15) is 0 Å². The largest absolute Gasteiger partial charge is 0.345 e. The first-order valence-corrected chi connectivity index (χ1v) is 7.80. The molecule has 19 heavy (non-hydrogen) atoms. The second-order valence-corrected chi connectivity index (χ2v) is 6.86. The quantitative estimate of drug-likeness (QED) is 0.736. The molecular weight excluding hydrogens is 234 g/mol. The summed E-state index contributed by atoms with van der Waals surface area (Å²) in [4.78, 5) is 12.0. The minimum atomic E-state index is 0.361. The van der Waals surface area contributed by atoms with E-state index in [4.69, 9.17) is 0 Å². The normalized spacial score (nSPS) is 31.3.